The maximum absolute atomic E-state index is 13.2. The average molecular weight is 470 g/mol. The summed E-state index contributed by atoms with van der Waals surface area (Å²) in [4.78, 5) is 37.2. The molecular formula is C24H21F3N4O3. The quantitative estimate of drug-likeness (QED) is 0.514. The number of aromatic nitrogens is 3. The Hall–Kier alpha value is -3.82. The predicted molar refractivity (Wildman–Crippen MR) is 118 cm³/mol. The number of benzene rings is 1. The Labute approximate surface area is 193 Å². The number of carboxylic acids is 1. The van der Waals surface area contributed by atoms with Crippen LogP contribution in [0.3, 0.4) is 0 Å². The molecule has 0 saturated heterocycles. The van der Waals surface area contributed by atoms with Crippen molar-refractivity contribution in [1.29, 1.82) is 0 Å². The van der Waals surface area contributed by atoms with Crippen LogP contribution in [0.25, 0.3) is 11.3 Å². The van der Waals surface area contributed by atoms with Crippen LogP contribution in [-0.2, 0) is 11.2 Å². The zero-order valence-corrected chi connectivity index (χ0v) is 18.2. The lowest BCUT2D eigenvalue weighted by Gasteiger charge is -2.36. The molecule has 0 bridgehead atoms. The van der Waals surface area contributed by atoms with Gasteiger partial charge in [0.25, 0.3) is 0 Å². The Balaban J connectivity index is 1.57. The maximum Gasteiger partial charge on any atom is 0.390 e. The minimum Gasteiger partial charge on any atom is -0.481 e. The zero-order chi connectivity index (χ0) is 24.5. The first-order chi connectivity index (χ1) is 16.0. The number of hydrogen-bond donors (Lipinski definition) is 2. The van der Waals surface area contributed by atoms with Crippen LogP contribution in [0.5, 0.6) is 0 Å². The van der Waals surface area contributed by atoms with Gasteiger partial charge in [0.05, 0.1) is 48.2 Å². The van der Waals surface area contributed by atoms with Crippen molar-refractivity contribution < 1.29 is 27.9 Å². The first-order valence-electron chi connectivity index (χ1n) is 10.5. The lowest BCUT2D eigenvalue weighted by Crippen LogP contribution is -2.41. The SMILES string of the molecule is Cc1ccc(Nc2cnc(-c3ccc4c(c3)CCC(CC(=O)O)(CC(F)(F)F)C4=O)cn2)cn1. The molecule has 2 N–H and O–H groups in total. The van der Waals surface area contributed by atoms with E-state index in [1.165, 1.54) is 6.07 Å². The number of carboxylic acid groups (broad SMARTS) is 1. The van der Waals surface area contributed by atoms with Crippen LogP contribution in [-0.4, -0.2) is 38.0 Å². The number of Topliss-reactive ketones (excluding diaryl/α,β-unsaturated/α-hetero) is 1. The summed E-state index contributed by atoms with van der Waals surface area (Å²) in [7, 11) is 0. The third kappa shape index (κ3) is 5.05. The number of ketones is 1. The summed E-state index contributed by atoms with van der Waals surface area (Å²) in [5, 5.41) is 12.3. The van der Waals surface area contributed by atoms with Crippen LogP contribution in [0.4, 0.5) is 24.7 Å². The van der Waals surface area contributed by atoms with Crippen LogP contribution in [0, 0.1) is 12.3 Å². The standard InChI is InChI=1S/C24H21F3N4O3/c1-14-2-4-17(10-28-14)31-20-12-29-19(11-30-20)16-3-5-18-15(8-16)6-7-23(22(18)34,9-21(32)33)13-24(25,26)27/h2-5,8,10-12H,6-7,9,13H2,1H3,(H,30,31)(H,32,33). The van der Waals surface area contributed by atoms with E-state index < -0.39 is 36.2 Å². The number of aliphatic carboxylic acids is 1. The molecule has 1 unspecified atom stereocenters. The van der Waals surface area contributed by atoms with Crippen molar-refractivity contribution in [3.8, 4) is 11.3 Å². The van der Waals surface area contributed by atoms with E-state index in [0.29, 0.717) is 22.6 Å². The fourth-order valence-electron chi connectivity index (χ4n) is 4.26. The molecule has 2 heterocycles. The highest BCUT2D eigenvalue weighted by Crippen LogP contribution is 2.46. The van der Waals surface area contributed by atoms with Gasteiger partial charge in [0.2, 0.25) is 0 Å². The van der Waals surface area contributed by atoms with E-state index in [4.69, 9.17) is 0 Å². The molecule has 1 aliphatic rings. The predicted octanol–water partition coefficient (Wildman–Crippen LogP) is 5.13. The number of fused-ring (bicyclic) bond motifs is 1. The molecule has 1 atom stereocenters. The van der Waals surface area contributed by atoms with E-state index in [1.54, 1.807) is 30.7 Å². The zero-order valence-electron chi connectivity index (χ0n) is 18.2. The third-order valence-corrected chi connectivity index (χ3v) is 5.86. The summed E-state index contributed by atoms with van der Waals surface area (Å²) in [6, 6.07) is 8.46. The third-order valence-electron chi connectivity index (χ3n) is 5.86. The molecule has 0 amide bonds. The minimum absolute atomic E-state index is 0.124. The van der Waals surface area contributed by atoms with Crippen molar-refractivity contribution in [2.24, 2.45) is 5.41 Å². The van der Waals surface area contributed by atoms with Gasteiger partial charge in [0.1, 0.15) is 5.82 Å². The molecule has 0 aliphatic heterocycles. The monoisotopic (exact) mass is 470 g/mol. The summed E-state index contributed by atoms with van der Waals surface area (Å²) in [6.07, 6.45) is -2.22. The minimum atomic E-state index is -4.65. The number of aryl methyl sites for hydroxylation is 2. The molecule has 0 fully saturated rings. The second-order valence-electron chi connectivity index (χ2n) is 8.44. The van der Waals surface area contributed by atoms with Crippen molar-refractivity contribution in [1.82, 2.24) is 15.0 Å². The second kappa shape index (κ2) is 8.85. The van der Waals surface area contributed by atoms with Gasteiger partial charge in [-0.2, -0.15) is 13.2 Å². The number of halogens is 3. The normalized spacial score (nSPS) is 17.8. The molecule has 1 aliphatic carbocycles. The highest BCUT2D eigenvalue weighted by molar-refractivity contribution is 6.04. The molecule has 1 aromatic carbocycles. The average Bonchev–Trinajstić information content (AvgIpc) is 2.77. The van der Waals surface area contributed by atoms with Crippen molar-refractivity contribution in [3.63, 3.8) is 0 Å². The number of rotatable bonds is 6. The molecule has 7 nitrogen and oxygen atoms in total. The summed E-state index contributed by atoms with van der Waals surface area (Å²) in [5.41, 5.74) is 1.53. The molecule has 34 heavy (non-hydrogen) atoms. The fraction of sp³-hybridized carbons (Fsp3) is 0.292. The molecule has 0 radical (unpaired) electrons. The van der Waals surface area contributed by atoms with Gasteiger partial charge in [-0.1, -0.05) is 12.1 Å². The van der Waals surface area contributed by atoms with Crippen LogP contribution >= 0.6 is 0 Å². The maximum atomic E-state index is 13.2. The summed E-state index contributed by atoms with van der Waals surface area (Å²) < 4.78 is 39.6. The molecule has 176 valence electrons. The van der Waals surface area contributed by atoms with Crippen molar-refractivity contribution in [2.45, 2.75) is 38.8 Å². The molecule has 3 aromatic rings. The van der Waals surface area contributed by atoms with Gasteiger partial charge < -0.3 is 10.4 Å². The number of nitrogens with one attached hydrogen (secondary N) is 1. The number of carbonyl (C=O) groups is 2. The fourth-order valence-corrected chi connectivity index (χ4v) is 4.26. The van der Waals surface area contributed by atoms with Crippen molar-refractivity contribution >= 4 is 23.3 Å². The number of pyridine rings is 1. The number of carbonyl (C=O) groups excluding carboxylic acids is 1. The number of hydrogen-bond acceptors (Lipinski definition) is 6. The first-order valence-corrected chi connectivity index (χ1v) is 10.5. The van der Waals surface area contributed by atoms with E-state index in [-0.39, 0.29) is 18.4 Å². The summed E-state index contributed by atoms with van der Waals surface area (Å²) in [6.45, 7) is 1.88. The van der Waals surface area contributed by atoms with Gasteiger partial charge in [-0.05, 0) is 43.5 Å². The molecule has 10 heteroatoms. The van der Waals surface area contributed by atoms with Crippen LogP contribution in [0.2, 0.25) is 0 Å². The summed E-state index contributed by atoms with van der Waals surface area (Å²) >= 11 is 0. The Morgan fingerprint density at radius 3 is 2.53 bits per heavy atom. The van der Waals surface area contributed by atoms with Crippen molar-refractivity contribution in [2.75, 3.05) is 5.32 Å². The molecule has 0 spiro atoms. The molecule has 0 saturated carbocycles. The molecular weight excluding hydrogens is 449 g/mol. The highest BCUT2D eigenvalue weighted by atomic mass is 19.4. The molecule has 4 rings (SSSR count). The number of alkyl halides is 3. The topological polar surface area (TPSA) is 105 Å². The van der Waals surface area contributed by atoms with E-state index in [9.17, 15) is 27.9 Å². The van der Waals surface area contributed by atoms with E-state index in [2.05, 4.69) is 20.3 Å². The van der Waals surface area contributed by atoms with Gasteiger partial charge >= 0.3 is 12.1 Å². The van der Waals surface area contributed by atoms with Crippen LogP contribution in [0.15, 0.2) is 48.9 Å². The highest BCUT2D eigenvalue weighted by Gasteiger charge is 2.50. The largest absolute Gasteiger partial charge is 0.481 e. The Morgan fingerprint density at radius 2 is 1.91 bits per heavy atom. The second-order valence-corrected chi connectivity index (χ2v) is 8.44. The van der Waals surface area contributed by atoms with Gasteiger partial charge in [-0.3, -0.25) is 19.6 Å². The molecule has 2 aromatic heterocycles. The summed E-state index contributed by atoms with van der Waals surface area (Å²) in [5.74, 6) is -1.70. The van der Waals surface area contributed by atoms with Gasteiger partial charge in [-0.15, -0.1) is 0 Å². The first kappa shape index (κ1) is 23.3. The lowest BCUT2D eigenvalue weighted by molar-refractivity contribution is -0.160. The Bertz CT molecular complexity index is 1230. The Morgan fingerprint density at radius 1 is 1.12 bits per heavy atom. The van der Waals surface area contributed by atoms with Crippen molar-refractivity contribution in [3.05, 3.63) is 65.7 Å². The number of anilines is 2. The van der Waals surface area contributed by atoms with E-state index in [0.717, 1.165) is 11.4 Å². The number of nitrogens with zero attached hydrogens (tertiary/aromatic N) is 3. The Kier molecular flexibility index (Phi) is 6.07. The van der Waals surface area contributed by atoms with Gasteiger partial charge in [0.15, 0.2) is 5.78 Å². The van der Waals surface area contributed by atoms with Gasteiger partial charge in [-0.25, -0.2) is 4.98 Å². The smallest absolute Gasteiger partial charge is 0.390 e. The van der Waals surface area contributed by atoms with Crippen LogP contribution in [0.1, 0.15) is 40.9 Å². The van der Waals surface area contributed by atoms with E-state index in [1.807, 2.05) is 19.1 Å². The van der Waals surface area contributed by atoms with Gasteiger partial charge in [0, 0.05) is 16.8 Å². The van der Waals surface area contributed by atoms with E-state index >= 15 is 0 Å². The lowest BCUT2D eigenvalue weighted by atomic mass is 9.66. The van der Waals surface area contributed by atoms with Crippen LogP contribution < -0.4 is 5.32 Å².